The number of hydrogen-bond donors (Lipinski definition) is 1. The predicted molar refractivity (Wildman–Crippen MR) is 79.1 cm³/mol. The Morgan fingerprint density at radius 1 is 1.59 bits per heavy atom. The molecule has 1 N–H and O–H groups in total. The molecule has 0 fully saturated rings. The largest absolute Gasteiger partial charge is 0.357 e. The van der Waals surface area contributed by atoms with Crippen LogP contribution in [0.1, 0.15) is 44.0 Å². The molecule has 0 aromatic carbocycles. The molecule has 2 heterocycles. The van der Waals surface area contributed by atoms with Crippen molar-refractivity contribution in [2.24, 2.45) is 4.99 Å². The number of thioether (sulfide) groups is 1. The molecule has 1 aromatic rings. The Hall–Kier alpha value is -0.480. The Balaban J connectivity index is 2.02. The van der Waals surface area contributed by atoms with Crippen molar-refractivity contribution in [2.75, 3.05) is 5.75 Å². The predicted octanol–water partition coefficient (Wildman–Crippen LogP) is 4.06. The van der Waals surface area contributed by atoms with Gasteiger partial charge in [-0.25, -0.2) is 0 Å². The van der Waals surface area contributed by atoms with E-state index < -0.39 is 0 Å². The first kappa shape index (κ1) is 13.0. The third-order valence-electron chi connectivity index (χ3n) is 2.87. The quantitative estimate of drug-likeness (QED) is 0.890. The molecule has 0 amide bonds. The van der Waals surface area contributed by atoms with Crippen molar-refractivity contribution >= 4 is 28.3 Å². The fourth-order valence-electron chi connectivity index (χ4n) is 1.92. The molecule has 1 aromatic heterocycles. The Kier molecular flexibility index (Phi) is 4.92. The van der Waals surface area contributed by atoms with E-state index in [1.807, 2.05) is 23.1 Å². The van der Waals surface area contributed by atoms with Crippen LogP contribution in [0.15, 0.2) is 22.5 Å². The van der Waals surface area contributed by atoms with Gasteiger partial charge in [0.1, 0.15) is 0 Å². The highest BCUT2D eigenvalue weighted by atomic mass is 32.2. The summed E-state index contributed by atoms with van der Waals surface area (Å²) in [6, 6.07) is 5.26. The van der Waals surface area contributed by atoms with Crippen molar-refractivity contribution < 1.29 is 0 Å². The van der Waals surface area contributed by atoms with Gasteiger partial charge in [-0.3, -0.25) is 4.99 Å². The van der Waals surface area contributed by atoms with Gasteiger partial charge in [0.05, 0.1) is 12.1 Å². The standard InChI is InChI=1S/C13H20N2S2/c1-3-5-11(12-6-4-8-16-12)15-13-14-10(2)7-9-17-13/h4,6,8,10-11H,3,5,7,9H2,1-2H3,(H,14,15). The number of aliphatic imine (C=N–C) groups is 1. The number of rotatable bonds is 4. The van der Waals surface area contributed by atoms with Crippen molar-refractivity contribution in [2.45, 2.75) is 45.2 Å². The molecule has 2 nitrogen and oxygen atoms in total. The van der Waals surface area contributed by atoms with Gasteiger partial charge in [0.15, 0.2) is 5.17 Å². The van der Waals surface area contributed by atoms with Gasteiger partial charge in [-0.2, -0.15) is 0 Å². The smallest absolute Gasteiger partial charge is 0.157 e. The van der Waals surface area contributed by atoms with Crippen LogP contribution in [0, 0.1) is 0 Å². The first-order chi connectivity index (χ1) is 8.29. The van der Waals surface area contributed by atoms with E-state index in [2.05, 4.69) is 41.7 Å². The Morgan fingerprint density at radius 2 is 2.47 bits per heavy atom. The molecule has 94 valence electrons. The lowest BCUT2D eigenvalue weighted by Crippen LogP contribution is -2.29. The van der Waals surface area contributed by atoms with E-state index in [0.29, 0.717) is 12.1 Å². The first-order valence-corrected chi connectivity index (χ1v) is 8.16. The van der Waals surface area contributed by atoms with E-state index in [1.54, 1.807) is 0 Å². The van der Waals surface area contributed by atoms with Crippen LogP contribution in [0.5, 0.6) is 0 Å². The summed E-state index contributed by atoms with van der Waals surface area (Å²) in [6.07, 6.45) is 3.57. The number of nitrogens with zero attached hydrogens (tertiary/aromatic N) is 1. The number of nitrogens with one attached hydrogen (secondary N) is 1. The maximum atomic E-state index is 4.69. The summed E-state index contributed by atoms with van der Waals surface area (Å²) < 4.78 is 0. The van der Waals surface area contributed by atoms with E-state index >= 15 is 0 Å². The van der Waals surface area contributed by atoms with Gasteiger partial charge in [0.25, 0.3) is 0 Å². The molecular formula is C13H20N2S2. The summed E-state index contributed by atoms with van der Waals surface area (Å²) >= 11 is 3.70. The highest BCUT2D eigenvalue weighted by Crippen LogP contribution is 2.25. The molecule has 2 atom stereocenters. The second-order valence-corrected chi connectivity index (χ2v) is 6.48. The number of thiophene rings is 1. The molecule has 0 aliphatic carbocycles. The van der Waals surface area contributed by atoms with Gasteiger partial charge < -0.3 is 5.32 Å². The van der Waals surface area contributed by atoms with E-state index in [4.69, 9.17) is 0 Å². The average molecular weight is 268 g/mol. The summed E-state index contributed by atoms with van der Waals surface area (Å²) in [7, 11) is 0. The van der Waals surface area contributed by atoms with Crippen molar-refractivity contribution in [1.82, 2.24) is 5.32 Å². The lowest BCUT2D eigenvalue weighted by atomic mass is 10.1. The minimum absolute atomic E-state index is 0.441. The average Bonchev–Trinajstić information content (AvgIpc) is 2.82. The third kappa shape index (κ3) is 3.75. The Bertz CT molecular complexity index is 360. The molecule has 2 rings (SSSR count). The number of hydrogen-bond acceptors (Lipinski definition) is 4. The molecule has 0 saturated heterocycles. The zero-order valence-corrected chi connectivity index (χ0v) is 12.1. The second kappa shape index (κ2) is 6.45. The van der Waals surface area contributed by atoms with Crippen LogP contribution < -0.4 is 5.32 Å². The van der Waals surface area contributed by atoms with Crippen LogP contribution in [0.2, 0.25) is 0 Å². The normalized spacial score (nSPS) is 22.0. The van der Waals surface area contributed by atoms with E-state index in [9.17, 15) is 0 Å². The molecule has 0 bridgehead atoms. The summed E-state index contributed by atoms with van der Waals surface area (Å²) in [6.45, 7) is 4.43. The van der Waals surface area contributed by atoms with Crippen molar-refractivity contribution in [3.63, 3.8) is 0 Å². The Morgan fingerprint density at radius 3 is 3.12 bits per heavy atom. The van der Waals surface area contributed by atoms with Crippen LogP contribution in [-0.2, 0) is 0 Å². The molecule has 0 radical (unpaired) electrons. The summed E-state index contributed by atoms with van der Waals surface area (Å²) in [5, 5.41) is 6.90. The van der Waals surface area contributed by atoms with Crippen molar-refractivity contribution in [3.05, 3.63) is 22.4 Å². The van der Waals surface area contributed by atoms with Gasteiger partial charge in [0, 0.05) is 10.6 Å². The zero-order chi connectivity index (χ0) is 12.1. The minimum Gasteiger partial charge on any atom is -0.357 e. The Labute approximate surface area is 112 Å². The maximum absolute atomic E-state index is 4.69. The molecule has 17 heavy (non-hydrogen) atoms. The fraction of sp³-hybridized carbons (Fsp3) is 0.615. The van der Waals surface area contributed by atoms with Gasteiger partial charge in [0.2, 0.25) is 0 Å². The number of amidine groups is 1. The SMILES string of the molecule is CCCC(NC1=NC(C)CCS1)c1cccs1. The lowest BCUT2D eigenvalue weighted by Gasteiger charge is -2.23. The maximum Gasteiger partial charge on any atom is 0.157 e. The van der Waals surface area contributed by atoms with Gasteiger partial charge in [-0.05, 0) is 31.2 Å². The zero-order valence-electron chi connectivity index (χ0n) is 10.5. The summed E-state index contributed by atoms with van der Waals surface area (Å²) in [4.78, 5) is 6.11. The molecular weight excluding hydrogens is 248 g/mol. The fourth-order valence-corrected chi connectivity index (χ4v) is 3.86. The van der Waals surface area contributed by atoms with Crippen molar-refractivity contribution in [3.8, 4) is 0 Å². The van der Waals surface area contributed by atoms with E-state index in [1.165, 1.54) is 29.9 Å². The first-order valence-electron chi connectivity index (χ1n) is 6.30. The molecule has 0 spiro atoms. The molecule has 1 aliphatic heterocycles. The van der Waals surface area contributed by atoms with Crippen LogP contribution in [-0.4, -0.2) is 17.0 Å². The van der Waals surface area contributed by atoms with Crippen LogP contribution in [0.3, 0.4) is 0 Å². The monoisotopic (exact) mass is 268 g/mol. The van der Waals surface area contributed by atoms with Crippen LogP contribution >= 0.6 is 23.1 Å². The van der Waals surface area contributed by atoms with Crippen LogP contribution in [0.4, 0.5) is 0 Å². The summed E-state index contributed by atoms with van der Waals surface area (Å²) in [5.41, 5.74) is 0. The molecule has 1 aliphatic rings. The topological polar surface area (TPSA) is 24.4 Å². The molecule has 0 saturated carbocycles. The van der Waals surface area contributed by atoms with Crippen LogP contribution in [0.25, 0.3) is 0 Å². The lowest BCUT2D eigenvalue weighted by molar-refractivity contribution is 0.588. The highest BCUT2D eigenvalue weighted by molar-refractivity contribution is 8.13. The van der Waals surface area contributed by atoms with Gasteiger partial charge in [-0.15, -0.1) is 11.3 Å². The highest BCUT2D eigenvalue weighted by Gasteiger charge is 2.17. The third-order valence-corrected chi connectivity index (χ3v) is 4.80. The second-order valence-electron chi connectivity index (χ2n) is 4.42. The molecule has 2 unspecified atom stereocenters. The van der Waals surface area contributed by atoms with E-state index in [-0.39, 0.29) is 0 Å². The van der Waals surface area contributed by atoms with Gasteiger partial charge >= 0.3 is 0 Å². The molecule has 4 heteroatoms. The summed E-state index contributed by atoms with van der Waals surface area (Å²) in [5.74, 6) is 1.19. The van der Waals surface area contributed by atoms with Crippen molar-refractivity contribution in [1.29, 1.82) is 0 Å². The van der Waals surface area contributed by atoms with E-state index in [0.717, 1.165) is 5.17 Å². The van der Waals surface area contributed by atoms with Gasteiger partial charge in [-0.1, -0.05) is 31.2 Å². The minimum atomic E-state index is 0.441.